The van der Waals surface area contributed by atoms with Gasteiger partial charge in [0.05, 0.1) is 4.47 Å². The van der Waals surface area contributed by atoms with Crippen molar-refractivity contribution in [3.8, 4) is 5.75 Å². The van der Waals surface area contributed by atoms with Gasteiger partial charge in [0.15, 0.2) is 0 Å². The molecule has 2 nitrogen and oxygen atoms in total. The molecule has 2 N–H and O–H groups in total. The van der Waals surface area contributed by atoms with Crippen LogP contribution in [0, 0.1) is 0 Å². The van der Waals surface area contributed by atoms with E-state index in [1.54, 1.807) is 12.1 Å². The lowest BCUT2D eigenvalue weighted by atomic mass is 10.2. The number of benzene rings is 2. The van der Waals surface area contributed by atoms with E-state index in [9.17, 15) is 0 Å². The summed E-state index contributed by atoms with van der Waals surface area (Å²) in [5.41, 5.74) is 7.22. The lowest BCUT2D eigenvalue weighted by molar-refractivity contribution is 0.304. The molecule has 6 heteroatoms. The Morgan fingerprint density at radius 1 is 1.20 bits per heavy atom. The summed E-state index contributed by atoms with van der Waals surface area (Å²) in [5.74, 6) is 0.691. The zero-order chi connectivity index (χ0) is 14.7. The third-order valence-electron chi connectivity index (χ3n) is 2.61. The normalized spacial score (nSPS) is 10.3. The summed E-state index contributed by atoms with van der Waals surface area (Å²) in [5, 5.41) is 1.18. The van der Waals surface area contributed by atoms with Crippen LogP contribution in [-0.4, -0.2) is 4.99 Å². The minimum Gasteiger partial charge on any atom is -0.488 e. The van der Waals surface area contributed by atoms with E-state index in [1.807, 2.05) is 24.3 Å². The molecule has 0 fully saturated rings. The monoisotopic (exact) mass is 389 g/mol. The lowest BCUT2D eigenvalue weighted by Crippen LogP contribution is -2.09. The Kier molecular flexibility index (Phi) is 5.27. The van der Waals surface area contributed by atoms with E-state index in [4.69, 9.17) is 45.9 Å². The standard InChI is InChI=1S/C14H10BrCl2NOS/c15-11-5-8(14(18)20)2-4-13(11)19-7-9-1-3-10(16)6-12(9)17/h1-6H,7H2,(H2,18,20). The average Bonchev–Trinajstić information content (AvgIpc) is 2.38. The Balaban J connectivity index is 2.13. The zero-order valence-electron chi connectivity index (χ0n) is 10.2. The van der Waals surface area contributed by atoms with Gasteiger partial charge in [-0.05, 0) is 46.3 Å². The van der Waals surface area contributed by atoms with Crippen LogP contribution in [0.4, 0.5) is 0 Å². The molecule has 0 atom stereocenters. The Bertz CT molecular complexity index is 664. The smallest absolute Gasteiger partial charge is 0.134 e. The summed E-state index contributed by atoms with van der Waals surface area (Å²) < 4.78 is 6.50. The molecular formula is C14H10BrCl2NOS. The van der Waals surface area contributed by atoms with Gasteiger partial charge in [-0.1, -0.05) is 41.5 Å². The number of nitrogens with two attached hydrogens (primary N) is 1. The van der Waals surface area contributed by atoms with Crippen molar-refractivity contribution in [3.05, 3.63) is 62.0 Å². The molecule has 0 bridgehead atoms. The van der Waals surface area contributed by atoms with Gasteiger partial charge in [0, 0.05) is 21.2 Å². The summed E-state index contributed by atoms with van der Waals surface area (Å²) in [7, 11) is 0. The fraction of sp³-hybridized carbons (Fsp3) is 0.0714. The van der Waals surface area contributed by atoms with E-state index in [1.165, 1.54) is 0 Å². The molecule has 0 unspecified atom stereocenters. The molecule has 2 rings (SSSR count). The highest BCUT2D eigenvalue weighted by molar-refractivity contribution is 9.10. The van der Waals surface area contributed by atoms with Gasteiger partial charge in [-0.15, -0.1) is 0 Å². The van der Waals surface area contributed by atoms with Crippen molar-refractivity contribution in [2.45, 2.75) is 6.61 Å². The molecule has 104 valence electrons. The molecule has 0 aliphatic rings. The molecule has 0 aromatic heterocycles. The minimum absolute atomic E-state index is 0.345. The summed E-state index contributed by atoms with van der Waals surface area (Å²) in [6.07, 6.45) is 0. The summed E-state index contributed by atoms with van der Waals surface area (Å²) in [6.45, 7) is 0.348. The van der Waals surface area contributed by atoms with Crippen molar-refractivity contribution in [2.24, 2.45) is 5.73 Å². The van der Waals surface area contributed by atoms with E-state index in [2.05, 4.69) is 15.9 Å². The quantitative estimate of drug-likeness (QED) is 0.748. The van der Waals surface area contributed by atoms with Gasteiger partial charge in [-0.25, -0.2) is 0 Å². The number of halogens is 3. The van der Waals surface area contributed by atoms with Crippen LogP contribution in [0.3, 0.4) is 0 Å². The van der Waals surface area contributed by atoms with Gasteiger partial charge >= 0.3 is 0 Å². The molecule has 20 heavy (non-hydrogen) atoms. The van der Waals surface area contributed by atoms with Crippen molar-refractivity contribution >= 4 is 56.3 Å². The molecule has 2 aromatic rings. The van der Waals surface area contributed by atoms with Gasteiger partial charge in [0.25, 0.3) is 0 Å². The van der Waals surface area contributed by atoms with Crippen molar-refractivity contribution in [2.75, 3.05) is 0 Å². The molecule has 0 radical (unpaired) electrons. The van der Waals surface area contributed by atoms with Crippen molar-refractivity contribution in [1.29, 1.82) is 0 Å². The fourth-order valence-corrected chi connectivity index (χ4v) is 2.65. The van der Waals surface area contributed by atoms with Crippen LogP contribution in [0.1, 0.15) is 11.1 Å². The van der Waals surface area contributed by atoms with Crippen LogP contribution in [-0.2, 0) is 6.61 Å². The first kappa shape index (κ1) is 15.6. The van der Waals surface area contributed by atoms with Gasteiger partial charge in [-0.3, -0.25) is 0 Å². The van der Waals surface area contributed by atoms with E-state index < -0.39 is 0 Å². The van der Waals surface area contributed by atoms with Crippen molar-refractivity contribution < 1.29 is 4.74 Å². The highest BCUT2D eigenvalue weighted by atomic mass is 79.9. The van der Waals surface area contributed by atoms with E-state index >= 15 is 0 Å². The number of rotatable bonds is 4. The number of hydrogen-bond acceptors (Lipinski definition) is 2. The first-order chi connectivity index (χ1) is 9.47. The fourth-order valence-electron chi connectivity index (χ4n) is 1.57. The molecule has 2 aromatic carbocycles. The first-order valence-corrected chi connectivity index (χ1v) is 7.59. The molecule has 0 aliphatic heterocycles. The third-order valence-corrected chi connectivity index (χ3v) is 4.06. The zero-order valence-corrected chi connectivity index (χ0v) is 14.1. The second kappa shape index (κ2) is 6.76. The van der Waals surface area contributed by atoms with Crippen molar-refractivity contribution in [3.63, 3.8) is 0 Å². The second-order valence-corrected chi connectivity index (χ2v) is 6.17. The summed E-state index contributed by atoms with van der Waals surface area (Å²) in [6, 6.07) is 10.7. The highest BCUT2D eigenvalue weighted by Crippen LogP contribution is 2.28. The predicted octanol–water partition coefficient (Wildman–Crippen LogP) is 4.97. The SMILES string of the molecule is NC(=S)c1ccc(OCc2ccc(Cl)cc2Cl)c(Br)c1. The van der Waals surface area contributed by atoms with Crippen LogP contribution >= 0.6 is 51.3 Å². The van der Waals surface area contributed by atoms with Gasteiger partial charge in [-0.2, -0.15) is 0 Å². The topological polar surface area (TPSA) is 35.2 Å². The van der Waals surface area contributed by atoms with Crippen LogP contribution in [0.5, 0.6) is 5.75 Å². The maximum absolute atomic E-state index is 6.09. The second-order valence-electron chi connectivity index (χ2n) is 4.03. The summed E-state index contributed by atoms with van der Waals surface area (Å²) >= 11 is 20.3. The molecule has 0 saturated carbocycles. The molecule has 0 aliphatic carbocycles. The first-order valence-electron chi connectivity index (χ1n) is 5.63. The Hall–Kier alpha value is -0.810. The molecule has 0 saturated heterocycles. The highest BCUT2D eigenvalue weighted by Gasteiger charge is 2.07. The average molecular weight is 391 g/mol. The van der Waals surface area contributed by atoms with E-state index in [0.29, 0.717) is 27.4 Å². The maximum Gasteiger partial charge on any atom is 0.134 e. The minimum atomic E-state index is 0.345. The number of hydrogen-bond donors (Lipinski definition) is 1. The Morgan fingerprint density at radius 2 is 1.95 bits per heavy atom. The molecule has 0 heterocycles. The van der Waals surface area contributed by atoms with Crippen LogP contribution in [0.25, 0.3) is 0 Å². The number of thiocarbonyl (C=S) groups is 1. The van der Waals surface area contributed by atoms with Crippen LogP contribution in [0.2, 0.25) is 10.0 Å². The number of ether oxygens (including phenoxy) is 1. The summed E-state index contributed by atoms with van der Waals surface area (Å²) in [4.78, 5) is 0.345. The maximum atomic E-state index is 6.09. The Morgan fingerprint density at radius 3 is 2.55 bits per heavy atom. The largest absolute Gasteiger partial charge is 0.488 e. The van der Waals surface area contributed by atoms with Gasteiger partial charge in [0.2, 0.25) is 0 Å². The van der Waals surface area contributed by atoms with Crippen LogP contribution in [0.15, 0.2) is 40.9 Å². The Labute approximate surface area is 141 Å². The van der Waals surface area contributed by atoms with Gasteiger partial charge < -0.3 is 10.5 Å². The molecule has 0 amide bonds. The predicted molar refractivity (Wildman–Crippen MR) is 90.8 cm³/mol. The van der Waals surface area contributed by atoms with Gasteiger partial charge in [0.1, 0.15) is 17.3 Å². The molecule has 0 spiro atoms. The third kappa shape index (κ3) is 3.85. The van der Waals surface area contributed by atoms with Crippen LogP contribution < -0.4 is 10.5 Å². The van der Waals surface area contributed by atoms with Crippen molar-refractivity contribution in [1.82, 2.24) is 0 Å². The molecular weight excluding hydrogens is 381 g/mol. The lowest BCUT2D eigenvalue weighted by Gasteiger charge is -2.10. The van der Waals surface area contributed by atoms with E-state index in [0.717, 1.165) is 15.6 Å². The van der Waals surface area contributed by atoms with E-state index in [-0.39, 0.29) is 0 Å².